The topological polar surface area (TPSA) is 86.5 Å². The van der Waals surface area contributed by atoms with E-state index in [1.807, 2.05) is 18.2 Å². The molecule has 0 unspecified atom stereocenters. The molecular formula is C37H26N4. The van der Waals surface area contributed by atoms with E-state index in [-0.39, 0.29) is 0 Å². The van der Waals surface area contributed by atoms with Crippen molar-refractivity contribution >= 4 is 5.57 Å². The Bertz CT molecular complexity index is 1920. The fourth-order valence-corrected chi connectivity index (χ4v) is 6.89. The van der Waals surface area contributed by atoms with Gasteiger partial charge in [0, 0.05) is 6.20 Å². The molecule has 4 heteroatoms. The molecule has 1 aromatic heterocycles. The highest BCUT2D eigenvalue weighted by Gasteiger charge is 2.51. The van der Waals surface area contributed by atoms with Gasteiger partial charge in [0.25, 0.3) is 0 Å². The zero-order chi connectivity index (χ0) is 28.0. The lowest BCUT2D eigenvalue weighted by Crippen LogP contribution is -2.25. The molecular weight excluding hydrogens is 500 g/mol. The Labute approximate surface area is 239 Å². The molecule has 1 spiro atoms. The van der Waals surface area contributed by atoms with Crippen molar-refractivity contribution in [3.8, 4) is 45.5 Å². The molecule has 0 radical (unpaired) electrons. The largest absolute Gasteiger partial charge is 0.330 e. The van der Waals surface area contributed by atoms with Crippen LogP contribution in [0.3, 0.4) is 0 Å². The number of aromatic nitrogens is 1. The van der Waals surface area contributed by atoms with Crippen molar-refractivity contribution in [2.75, 3.05) is 6.54 Å². The Balaban J connectivity index is 1.54. The summed E-state index contributed by atoms with van der Waals surface area (Å²) in [6, 6.07) is 39.2. The first kappa shape index (κ1) is 24.7. The molecule has 7 rings (SSSR count). The van der Waals surface area contributed by atoms with Gasteiger partial charge in [0.2, 0.25) is 0 Å². The second kappa shape index (κ2) is 9.72. The molecule has 0 atom stereocenters. The molecule has 4 aromatic carbocycles. The second-order valence-corrected chi connectivity index (χ2v) is 10.5. The molecule has 1 heterocycles. The van der Waals surface area contributed by atoms with Crippen LogP contribution in [-0.2, 0) is 5.41 Å². The maximum absolute atomic E-state index is 9.46. The van der Waals surface area contributed by atoms with Gasteiger partial charge in [-0.1, -0.05) is 78.9 Å². The smallest absolute Gasteiger partial charge is 0.141 e. The number of nitriles is 2. The average Bonchev–Trinajstić information content (AvgIpc) is 3.49. The van der Waals surface area contributed by atoms with Crippen molar-refractivity contribution in [3.05, 3.63) is 143 Å². The van der Waals surface area contributed by atoms with Crippen LogP contribution in [0.5, 0.6) is 0 Å². The van der Waals surface area contributed by atoms with Crippen LogP contribution in [0.1, 0.15) is 46.4 Å². The minimum absolute atomic E-state index is 0.348. The summed E-state index contributed by atoms with van der Waals surface area (Å²) in [4.78, 5) is 4.17. The Morgan fingerprint density at radius 2 is 1.37 bits per heavy atom. The van der Waals surface area contributed by atoms with Crippen LogP contribution in [0, 0.1) is 22.7 Å². The molecule has 4 nitrogen and oxygen atoms in total. The van der Waals surface area contributed by atoms with Crippen LogP contribution in [0.2, 0.25) is 0 Å². The highest BCUT2D eigenvalue weighted by molar-refractivity contribution is 5.96. The average molecular weight is 527 g/mol. The summed E-state index contributed by atoms with van der Waals surface area (Å²) >= 11 is 0. The minimum Gasteiger partial charge on any atom is -0.330 e. The number of allylic oxidation sites excluding steroid dienone is 1. The standard InChI is InChI=1S/C37H26N4/c38-17-5-6-24(15-18-39)25-11-13-35-31(21-25)32-22-26(27-16-19-41-28(20-27)23-40)12-14-36(32)37(35)33-9-3-1-7-29(33)30-8-2-4-10-34(30)37/h1-4,6-14,16,19-22H,5,15,18,39H2/b24-6+. The van der Waals surface area contributed by atoms with Gasteiger partial charge in [0.1, 0.15) is 11.8 Å². The van der Waals surface area contributed by atoms with Gasteiger partial charge in [0.15, 0.2) is 0 Å². The summed E-state index contributed by atoms with van der Waals surface area (Å²) in [5.41, 5.74) is 20.1. The van der Waals surface area contributed by atoms with E-state index in [9.17, 15) is 10.5 Å². The van der Waals surface area contributed by atoms with E-state index in [1.54, 1.807) is 6.20 Å². The molecule has 0 amide bonds. The van der Waals surface area contributed by atoms with Gasteiger partial charge in [-0.25, -0.2) is 4.98 Å². The van der Waals surface area contributed by atoms with Crippen molar-refractivity contribution in [1.82, 2.24) is 4.98 Å². The van der Waals surface area contributed by atoms with E-state index in [4.69, 9.17) is 5.73 Å². The first-order valence-corrected chi connectivity index (χ1v) is 13.8. The van der Waals surface area contributed by atoms with Crippen molar-refractivity contribution in [3.63, 3.8) is 0 Å². The van der Waals surface area contributed by atoms with E-state index in [0.29, 0.717) is 25.1 Å². The van der Waals surface area contributed by atoms with Crippen LogP contribution < -0.4 is 5.73 Å². The Hall–Kier alpha value is -5.29. The molecule has 5 aromatic rings. The van der Waals surface area contributed by atoms with Crippen molar-refractivity contribution in [2.24, 2.45) is 5.73 Å². The van der Waals surface area contributed by atoms with E-state index in [1.165, 1.54) is 44.5 Å². The van der Waals surface area contributed by atoms with Crippen LogP contribution >= 0.6 is 0 Å². The lowest BCUT2D eigenvalue weighted by atomic mass is 9.70. The minimum atomic E-state index is -0.435. The van der Waals surface area contributed by atoms with Crippen LogP contribution in [0.15, 0.2) is 109 Å². The van der Waals surface area contributed by atoms with Gasteiger partial charge >= 0.3 is 0 Å². The number of nitrogens with zero attached hydrogens (tertiary/aromatic N) is 3. The summed E-state index contributed by atoms with van der Waals surface area (Å²) in [5, 5.41) is 18.7. The normalized spacial score (nSPS) is 13.6. The fraction of sp³-hybridized carbons (Fsp3) is 0.108. The first-order chi connectivity index (χ1) is 20.2. The van der Waals surface area contributed by atoms with Crippen molar-refractivity contribution < 1.29 is 0 Å². The summed E-state index contributed by atoms with van der Waals surface area (Å²) in [6.45, 7) is 0.517. The number of fused-ring (bicyclic) bond motifs is 10. The highest BCUT2D eigenvalue weighted by atomic mass is 14.7. The third-order valence-electron chi connectivity index (χ3n) is 8.52. The molecule has 0 fully saturated rings. The summed E-state index contributed by atoms with van der Waals surface area (Å²) in [7, 11) is 0. The highest BCUT2D eigenvalue weighted by Crippen LogP contribution is 2.63. The summed E-state index contributed by atoms with van der Waals surface area (Å²) < 4.78 is 0. The number of benzene rings is 4. The number of nitrogens with two attached hydrogens (primary N) is 1. The van der Waals surface area contributed by atoms with E-state index in [2.05, 4.69) is 102 Å². The lowest BCUT2D eigenvalue weighted by molar-refractivity contribution is 0.793. The van der Waals surface area contributed by atoms with Crippen LogP contribution in [0.4, 0.5) is 0 Å². The van der Waals surface area contributed by atoms with Crippen molar-refractivity contribution in [1.29, 1.82) is 10.5 Å². The van der Waals surface area contributed by atoms with E-state index < -0.39 is 5.41 Å². The summed E-state index contributed by atoms with van der Waals surface area (Å²) in [6.07, 6.45) is 4.74. The van der Waals surface area contributed by atoms with Gasteiger partial charge in [-0.2, -0.15) is 10.5 Å². The zero-order valence-corrected chi connectivity index (χ0v) is 22.4. The quantitative estimate of drug-likeness (QED) is 0.250. The van der Waals surface area contributed by atoms with Crippen LogP contribution in [0.25, 0.3) is 39.0 Å². The predicted octanol–water partition coefficient (Wildman–Crippen LogP) is 7.61. The monoisotopic (exact) mass is 526 g/mol. The molecule has 2 N–H and O–H groups in total. The van der Waals surface area contributed by atoms with Gasteiger partial charge in [-0.3, -0.25) is 0 Å². The number of pyridine rings is 1. The SMILES string of the molecule is N#CC/C=C(\CCN)c1ccc2c(c1)-c1cc(-c3ccnc(C#N)c3)ccc1C21c2ccccc2-c2ccccc21. The molecule has 0 saturated carbocycles. The Morgan fingerprint density at radius 3 is 2.05 bits per heavy atom. The predicted molar refractivity (Wildman–Crippen MR) is 163 cm³/mol. The molecule has 2 aliphatic carbocycles. The summed E-state index contributed by atoms with van der Waals surface area (Å²) in [5.74, 6) is 0. The third kappa shape index (κ3) is 3.59. The van der Waals surface area contributed by atoms with E-state index >= 15 is 0 Å². The zero-order valence-electron chi connectivity index (χ0n) is 22.4. The van der Waals surface area contributed by atoms with Gasteiger partial charge < -0.3 is 5.73 Å². The second-order valence-electron chi connectivity index (χ2n) is 10.5. The number of hydrogen-bond donors (Lipinski definition) is 1. The molecule has 0 bridgehead atoms. The number of hydrogen-bond acceptors (Lipinski definition) is 4. The molecule has 41 heavy (non-hydrogen) atoms. The molecule has 2 aliphatic rings. The maximum atomic E-state index is 9.46. The van der Waals surface area contributed by atoms with E-state index in [0.717, 1.165) is 22.3 Å². The van der Waals surface area contributed by atoms with Gasteiger partial charge in [-0.05, 0) is 104 Å². The Kier molecular flexibility index (Phi) is 5.86. The number of rotatable bonds is 5. The Morgan fingerprint density at radius 1 is 0.732 bits per heavy atom. The van der Waals surface area contributed by atoms with Gasteiger partial charge in [-0.15, -0.1) is 0 Å². The maximum Gasteiger partial charge on any atom is 0.141 e. The van der Waals surface area contributed by atoms with Crippen molar-refractivity contribution in [2.45, 2.75) is 18.3 Å². The third-order valence-corrected chi connectivity index (χ3v) is 8.52. The first-order valence-electron chi connectivity index (χ1n) is 13.8. The lowest BCUT2D eigenvalue weighted by Gasteiger charge is -2.30. The molecule has 194 valence electrons. The van der Waals surface area contributed by atoms with Crippen LogP contribution in [-0.4, -0.2) is 11.5 Å². The van der Waals surface area contributed by atoms with Gasteiger partial charge in [0.05, 0.1) is 17.9 Å². The molecule has 0 aliphatic heterocycles. The molecule has 0 saturated heterocycles. The fourth-order valence-electron chi connectivity index (χ4n) is 6.89.